The molecule has 5 heteroatoms. The van der Waals surface area contributed by atoms with Gasteiger partial charge in [0.25, 0.3) is 0 Å². The van der Waals surface area contributed by atoms with E-state index in [4.69, 9.17) is 10.5 Å². The first-order chi connectivity index (χ1) is 9.69. The molecule has 3 aromatic rings. The lowest BCUT2D eigenvalue weighted by molar-refractivity contribution is 0.342. The maximum absolute atomic E-state index is 9.77. The summed E-state index contributed by atoms with van der Waals surface area (Å²) in [6, 6.07) is 8.93. The molecule has 3 rings (SSSR count). The van der Waals surface area contributed by atoms with E-state index in [0.717, 1.165) is 11.3 Å². The summed E-state index contributed by atoms with van der Waals surface area (Å²) in [5, 5.41) is 9.77. The van der Waals surface area contributed by atoms with Crippen LogP contribution in [0.15, 0.2) is 42.7 Å². The number of nitrogen functional groups attached to an aromatic ring is 1. The molecule has 102 valence electrons. The highest BCUT2D eigenvalue weighted by molar-refractivity contribution is 5.71. The summed E-state index contributed by atoms with van der Waals surface area (Å²) in [5.74, 6) is 0.820. The van der Waals surface area contributed by atoms with Crippen LogP contribution in [0.4, 0.5) is 5.69 Å². The lowest BCUT2D eigenvalue weighted by atomic mass is 10.1. The van der Waals surface area contributed by atoms with Crippen LogP contribution in [0.2, 0.25) is 0 Å². The Bertz CT molecular complexity index is 765. The standard InChI is InChI=1S/C15H15N3O2/c1-2-20-14-6-5-10(8-11(14)16)12-9-18-7-3-4-13(19)15(18)17-12/h3-9,19H,2,16H2,1H3. The van der Waals surface area contributed by atoms with Crippen LogP contribution in [0, 0.1) is 0 Å². The van der Waals surface area contributed by atoms with Crippen molar-refractivity contribution < 1.29 is 9.84 Å². The zero-order valence-corrected chi connectivity index (χ0v) is 11.1. The van der Waals surface area contributed by atoms with E-state index in [1.165, 1.54) is 0 Å². The minimum Gasteiger partial charge on any atom is -0.504 e. The first kappa shape index (κ1) is 12.3. The maximum atomic E-state index is 9.77. The molecule has 3 N–H and O–H groups in total. The Morgan fingerprint density at radius 3 is 2.90 bits per heavy atom. The second kappa shape index (κ2) is 4.77. The summed E-state index contributed by atoms with van der Waals surface area (Å²) in [7, 11) is 0. The van der Waals surface area contributed by atoms with Gasteiger partial charge in [0.15, 0.2) is 11.4 Å². The molecule has 0 saturated carbocycles. The number of benzene rings is 1. The van der Waals surface area contributed by atoms with E-state index in [-0.39, 0.29) is 5.75 Å². The molecule has 1 aromatic carbocycles. The fourth-order valence-corrected chi connectivity index (χ4v) is 2.13. The average Bonchev–Trinajstić information content (AvgIpc) is 2.87. The SMILES string of the molecule is CCOc1ccc(-c2cn3cccc(O)c3n2)cc1N. The molecule has 0 saturated heterocycles. The normalized spacial score (nSPS) is 10.8. The van der Waals surface area contributed by atoms with Crippen molar-refractivity contribution in [3.8, 4) is 22.8 Å². The van der Waals surface area contributed by atoms with Crippen LogP contribution < -0.4 is 10.5 Å². The van der Waals surface area contributed by atoms with E-state index in [2.05, 4.69) is 4.98 Å². The van der Waals surface area contributed by atoms with Crippen LogP contribution in [-0.4, -0.2) is 21.1 Å². The lowest BCUT2D eigenvalue weighted by Gasteiger charge is -2.07. The van der Waals surface area contributed by atoms with Gasteiger partial charge in [-0.05, 0) is 37.3 Å². The number of ether oxygens (including phenoxy) is 1. The summed E-state index contributed by atoms with van der Waals surface area (Å²) < 4.78 is 7.19. The number of nitrogens with two attached hydrogens (primary N) is 1. The van der Waals surface area contributed by atoms with Gasteiger partial charge in [0, 0.05) is 18.0 Å². The molecule has 0 bridgehead atoms. The van der Waals surface area contributed by atoms with Crippen molar-refractivity contribution >= 4 is 11.3 Å². The number of hydrogen-bond acceptors (Lipinski definition) is 4. The molecule has 0 fully saturated rings. The van der Waals surface area contributed by atoms with Gasteiger partial charge in [-0.15, -0.1) is 0 Å². The van der Waals surface area contributed by atoms with E-state index in [0.29, 0.717) is 23.7 Å². The zero-order valence-electron chi connectivity index (χ0n) is 11.1. The van der Waals surface area contributed by atoms with Crippen molar-refractivity contribution in [1.82, 2.24) is 9.38 Å². The van der Waals surface area contributed by atoms with Crippen molar-refractivity contribution in [2.45, 2.75) is 6.92 Å². The summed E-state index contributed by atoms with van der Waals surface area (Å²) in [5.41, 5.74) is 8.69. The van der Waals surface area contributed by atoms with Crippen molar-refractivity contribution in [2.75, 3.05) is 12.3 Å². The number of aromatic nitrogens is 2. The number of nitrogens with zero attached hydrogens (tertiary/aromatic N) is 2. The fraction of sp³-hybridized carbons (Fsp3) is 0.133. The quantitative estimate of drug-likeness (QED) is 0.717. The van der Waals surface area contributed by atoms with E-state index in [9.17, 15) is 5.11 Å². The molecule has 2 aromatic heterocycles. The van der Waals surface area contributed by atoms with E-state index >= 15 is 0 Å². The maximum Gasteiger partial charge on any atom is 0.180 e. The van der Waals surface area contributed by atoms with Crippen LogP contribution in [0.25, 0.3) is 16.9 Å². The van der Waals surface area contributed by atoms with Gasteiger partial charge >= 0.3 is 0 Å². The number of fused-ring (bicyclic) bond motifs is 1. The Morgan fingerprint density at radius 1 is 1.35 bits per heavy atom. The third kappa shape index (κ3) is 2.03. The summed E-state index contributed by atoms with van der Waals surface area (Å²) >= 11 is 0. The van der Waals surface area contributed by atoms with E-state index in [1.807, 2.05) is 37.5 Å². The first-order valence-corrected chi connectivity index (χ1v) is 6.38. The van der Waals surface area contributed by atoms with Gasteiger partial charge in [0.05, 0.1) is 18.0 Å². The number of hydrogen-bond donors (Lipinski definition) is 2. The molecule has 2 heterocycles. The van der Waals surface area contributed by atoms with Crippen LogP contribution in [0.5, 0.6) is 11.5 Å². The van der Waals surface area contributed by atoms with Gasteiger partial charge in [-0.3, -0.25) is 0 Å². The molecule has 0 radical (unpaired) electrons. The number of rotatable bonds is 3. The fourth-order valence-electron chi connectivity index (χ4n) is 2.13. The lowest BCUT2D eigenvalue weighted by Crippen LogP contribution is -1.96. The van der Waals surface area contributed by atoms with Gasteiger partial charge in [0.2, 0.25) is 0 Å². The molecule has 0 unspecified atom stereocenters. The van der Waals surface area contributed by atoms with Gasteiger partial charge in [0.1, 0.15) is 5.75 Å². The van der Waals surface area contributed by atoms with Crippen molar-refractivity contribution in [3.63, 3.8) is 0 Å². The predicted molar refractivity (Wildman–Crippen MR) is 77.9 cm³/mol. The summed E-state index contributed by atoms with van der Waals surface area (Å²) in [6.07, 6.45) is 3.69. The second-order valence-electron chi connectivity index (χ2n) is 4.44. The van der Waals surface area contributed by atoms with Gasteiger partial charge in [-0.1, -0.05) is 0 Å². The molecule has 0 aliphatic rings. The molecule has 0 aliphatic heterocycles. The summed E-state index contributed by atoms with van der Waals surface area (Å²) in [6.45, 7) is 2.49. The minimum absolute atomic E-state index is 0.151. The number of pyridine rings is 1. The largest absolute Gasteiger partial charge is 0.504 e. The number of anilines is 1. The van der Waals surface area contributed by atoms with Gasteiger partial charge < -0.3 is 20.0 Å². The topological polar surface area (TPSA) is 72.8 Å². The third-order valence-electron chi connectivity index (χ3n) is 3.07. The highest BCUT2D eigenvalue weighted by atomic mass is 16.5. The molecular weight excluding hydrogens is 254 g/mol. The molecule has 0 aliphatic carbocycles. The van der Waals surface area contributed by atoms with Crippen molar-refractivity contribution in [2.24, 2.45) is 0 Å². The van der Waals surface area contributed by atoms with Crippen LogP contribution in [0.1, 0.15) is 6.92 Å². The van der Waals surface area contributed by atoms with Crippen LogP contribution in [-0.2, 0) is 0 Å². The number of imidazole rings is 1. The van der Waals surface area contributed by atoms with E-state index in [1.54, 1.807) is 16.5 Å². The molecule has 20 heavy (non-hydrogen) atoms. The average molecular weight is 269 g/mol. The highest BCUT2D eigenvalue weighted by Crippen LogP contribution is 2.29. The first-order valence-electron chi connectivity index (χ1n) is 6.38. The molecule has 0 amide bonds. The van der Waals surface area contributed by atoms with Crippen molar-refractivity contribution in [3.05, 3.63) is 42.7 Å². The molecule has 0 spiro atoms. The number of aromatic hydroxyl groups is 1. The summed E-state index contributed by atoms with van der Waals surface area (Å²) in [4.78, 5) is 4.42. The second-order valence-corrected chi connectivity index (χ2v) is 4.44. The Labute approximate surface area is 116 Å². The molecular formula is C15H15N3O2. The Balaban J connectivity index is 2.06. The zero-order chi connectivity index (χ0) is 14.1. The van der Waals surface area contributed by atoms with Gasteiger partial charge in [-0.25, -0.2) is 4.98 Å². The van der Waals surface area contributed by atoms with E-state index < -0.39 is 0 Å². The predicted octanol–water partition coefficient (Wildman–Crippen LogP) is 2.69. The van der Waals surface area contributed by atoms with Crippen molar-refractivity contribution in [1.29, 1.82) is 0 Å². The van der Waals surface area contributed by atoms with Gasteiger partial charge in [-0.2, -0.15) is 0 Å². The smallest absolute Gasteiger partial charge is 0.180 e. The molecule has 0 atom stereocenters. The Morgan fingerprint density at radius 2 is 2.20 bits per heavy atom. The Hall–Kier alpha value is -2.69. The molecule has 5 nitrogen and oxygen atoms in total. The Kier molecular flexibility index (Phi) is 2.95. The minimum atomic E-state index is 0.151. The monoisotopic (exact) mass is 269 g/mol. The third-order valence-corrected chi connectivity index (χ3v) is 3.07. The highest BCUT2D eigenvalue weighted by Gasteiger charge is 2.09. The van der Waals surface area contributed by atoms with Crippen LogP contribution >= 0.6 is 0 Å². The van der Waals surface area contributed by atoms with Crippen LogP contribution in [0.3, 0.4) is 0 Å².